The standard InChI is InChI=1S/C16H15ClN6O/c1-8(2)24-13-6-11-9(7-19-23-11)5-12(13)20-15-10-3-4-18-14(10)21-16(17)22-15/h3-8H,1-2H3,(H,19,23)(H2,18,20,21,22). The van der Waals surface area contributed by atoms with Gasteiger partial charge in [0.15, 0.2) is 0 Å². The highest BCUT2D eigenvalue weighted by atomic mass is 35.5. The van der Waals surface area contributed by atoms with Crippen LogP contribution in [0, 0.1) is 0 Å². The minimum Gasteiger partial charge on any atom is -0.489 e. The molecular formula is C16H15ClN6O. The Labute approximate surface area is 142 Å². The van der Waals surface area contributed by atoms with Crippen molar-refractivity contribution in [2.75, 3.05) is 5.32 Å². The lowest BCUT2D eigenvalue weighted by molar-refractivity contribution is 0.244. The largest absolute Gasteiger partial charge is 0.489 e. The van der Waals surface area contributed by atoms with Gasteiger partial charge in [0.1, 0.15) is 17.2 Å². The second kappa shape index (κ2) is 5.68. The molecule has 0 atom stereocenters. The molecule has 3 aromatic heterocycles. The van der Waals surface area contributed by atoms with Gasteiger partial charge in [-0.25, -0.2) is 0 Å². The first-order valence-electron chi connectivity index (χ1n) is 7.51. The van der Waals surface area contributed by atoms with E-state index in [4.69, 9.17) is 16.3 Å². The molecule has 0 unspecified atom stereocenters. The molecule has 4 rings (SSSR count). The molecule has 0 radical (unpaired) electrons. The summed E-state index contributed by atoms with van der Waals surface area (Å²) in [6.45, 7) is 3.96. The van der Waals surface area contributed by atoms with Gasteiger partial charge < -0.3 is 15.0 Å². The van der Waals surface area contributed by atoms with Crippen LogP contribution < -0.4 is 10.1 Å². The number of rotatable bonds is 4. The van der Waals surface area contributed by atoms with Crippen molar-refractivity contribution in [3.05, 3.63) is 35.9 Å². The highest BCUT2D eigenvalue weighted by Crippen LogP contribution is 2.34. The van der Waals surface area contributed by atoms with Crippen LogP contribution >= 0.6 is 11.6 Å². The molecule has 8 heteroatoms. The number of anilines is 2. The Balaban J connectivity index is 1.83. The fourth-order valence-electron chi connectivity index (χ4n) is 2.56. The number of halogens is 1. The van der Waals surface area contributed by atoms with Crippen LogP contribution in [0.25, 0.3) is 21.9 Å². The molecule has 7 nitrogen and oxygen atoms in total. The quantitative estimate of drug-likeness (QED) is 0.487. The number of aromatic amines is 2. The predicted octanol–water partition coefficient (Wildman–Crippen LogP) is 4.02. The van der Waals surface area contributed by atoms with Crippen LogP contribution in [0.5, 0.6) is 5.75 Å². The summed E-state index contributed by atoms with van der Waals surface area (Å²) < 4.78 is 5.92. The van der Waals surface area contributed by atoms with Gasteiger partial charge >= 0.3 is 0 Å². The molecule has 1 aromatic carbocycles. The Morgan fingerprint density at radius 2 is 2.12 bits per heavy atom. The van der Waals surface area contributed by atoms with Gasteiger partial charge in [-0.3, -0.25) is 5.10 Å². The number of hydrogen-bond donors (Lipinski definition) is 3. The van der Waals surface area contributed by atoms with E-state index in [1.165, 1.54) is 0 Å². The average molecular weight is 343 g/mol. The first kappa shape index (κ1) is 14.8. The van der Waals surface area contributed by atoms with Gasteiger partial charge in [-0.15, -0.1) is 0 Å². The number of nitrogens with zero attached hydrogens (tertiary/aromatic N) is 3. The highest BCUT2D eigenvalue weighted by Gasteiger charge is 2.13. The summed E-state index contributed by atoms with van der Waals surface area (Å²) >= 11 is 6.02. The van der Waals surface area contributed by atoms with Gasteiger partial charge in [-0.1, -0.05) is 0 Å². The van der Waals surface area contributed by atoms with Gasteiger partial charge in [0.2, 0.25) is 5.28 Å². The minimum absolute atomic E-state index is 0.0344. The van der Waals surface area contributed by atoms with E-state index in [1.807, 2.05) is 32.0 Å². The summed E-state index contributed by atoms with van der Waals surface area (Å²) in [5.41, 5.74) is 2.37. The highest BCUT2D eigenvalue weighted by molar-refractivity contribution is 6.28. The van der Waals surface area contributed by atoms with E-state index in [1.54, 1.807) is 12.4 Å². The van der Waals surface area contributed by atoms with Crippen molar-refractivity contribution in [2.24, 2.45) is 0 Å². The molecule has 0 aliphatic carbocycles. The Morgan fingerprint density at radius 1 is 1.25 bits per heavy atom. The van der Waals surface area contributed by atoms with Gasteiger partial charge in [0.05, 0.1) is 28.9 Å². The first-order valence-corrected chi connectivity index (χ1v) is 7.89. The molecule has 0 spiro atoms. The molecule has 3 heterocycles. The molecule has 3 N–H and O–H groups in total. The second-order valence-corrected chi connectivity index (χ2v) is 6.02. The maximum atomic E-state index is 6.02. The smallest absolute Gasteiger partial charge is 0.226 e. The number of H-pyrrole nitrogens is 2. The van der Waals surface area contributed by atoms with Crippen molar-refractivity contribution in [1.29, 1.82) is 0 Å². The third-order valence-electron chi connectivity index (χ3n) is 3.54. The molecule has 0 saturated heterocycles. The van der Waals surface area contributed by atoms with Gasteiger partial charge in [0, 0.05) is 17.6 Å². The van der Waals surface area contributed by atoms with Gasteiger partial charge in [-0.2, -0.15) is 15.1 Å². The molecule has 0 aliphatic rings. The normalized spacial score (nSPS) is 11.5. The summed E-state index contributed by atoms with van der Waals surface area (Å²) in [6.07, 6.45) is 3.59. The lowest BCUT2D eigenvalue weighted by atomic mass is 10.2. The van der Waals surface area contributed by atoms with Crippen LogP contribution in [-0.4, -0.2) is 31.3 Å². The molecule has 24 heavy (non-hydrogen) atoms. The predicted molar refractivity (Wildman–Crippen MR) is 94.0 cm³/mol. The van der Waals surface area contributed by atoms with Crippen LogP contribution in [0.2, 0.25) is 5.28 Å². The van der Waals surface area contributed by atoms with Crippen LogP contribution in [0.4, 0.5) is 11.5 Å². The Bertz CT molecular complexity index is 1020. The maximum Gasteiger partial charge on any atom is 0.226 e. The van der Waals surface area contributed by atoms with Gasteiger partial charge in [0.25, 0.3) is 0 Å². The second-order valence-electron chi connectivity index (χ2n) is 5.68. The fraction of sp³-hybridized carbons (Fsp3) is 0.188. The molecule has 0 saturated carbocycles. The van der Waals surface area contributed by atoms with E-state index in [2.05, 4.69) is 30.5 Å². The Morgan fingerprint density at radius 3 is 2.96 bits per heavy atom. The number of fused-ring (bicyclic) bond motifs is 2. The molecular weight excluding hydrogens is 328 g/mol. The molecule has 0 amide bonds. The van der Waals surface area contributed by atoms with Crippen LogP contribution in [0.1, 0.15) is 13.8 Å². The monoisotopic (exact) mass is 342 g/mol. The van der Waals surface area contributed by atoms with Crippen molar-refractivity contribution < 1.29 is 4.74 Å². The number of hydrogen-bond acceptors (Lipinski definition) is 5. The molecule has 0 fully saturated rings. The molecule has 0 bridgehead atoms. The van der Waals surface area contributed by atoms with E-state index < -0.39 is 0 Å². The van der Waals surface area contributed by atoms with Gasteiger partial charge in [-0.05, 0) is 37.6 Å². The fourth-order valence-corrected chi connectivity index (χ4v) is 2.73. The molecule has 4 aromatic rings. The van der Waals surface area contributed by atoms with Crippen LogP contribution in [0.3, 0.4) is 0 Å². The molecule has 0 aliphatic heterocycles. The van der Waals surface area contributed by atoms with Crippen LogP contribution in [-0.2, 0) is 0 Å². The third kappa shape index (κ3) is 2.63. The summed E-state index contributed by atoms with van der Waals surface area (Å²) in [7, 11) is 0. The summed E-state index contributed by atoms with van der Waals surface area (Å²) in [4.78, 5) is 11.5. The zero-order valence-electron chi connectivity index (χ0n) is 13.1. The van der Waals surface area contributed by atoms with Crippen molar-refractivity contribution in [2.45, 2.75) is 20.0 Å². The maximum absolute atomic E-state index is 6.02. The number of nitrogens with one attached hydrogen (secondary N) is 3. The van der Waals surface area contributed by atoms with E-state index >= 15 is 0 Å². The van der Waals surface area contributed by atoms with Crippen molar-refractivity contribution >= 4 is 45.0 Å². The zero-order valence-corrected chi connectivity index (χ0v) is 13.8. The van der Waals surface area contributed by atoms with Crippen LogP contribution in [0.15, 0.2) is 30.6 Å². The Kier molecular flexibility index (Phi) is 3.50. The van der Waals surface area contributed by atoms with E-state index in [9.17, 15) is 0 Å². The summed E-state index contributed by atoms with van der Waals surface area (Å²) in [5.74, 6) is 1.32. The SMILES string of the molecule is CC(C)Oc1cc2[nH]ncc2cc1Nc1nc(Cl)nc2[nH]ccc12. The average Bonchev–Trinajstić information content (AvgIpc) is 3.15. The van der Waals surface area contributed by atoms with Crippen molar-refractivity contribution in [3.63, 3.8) is 0 Å². The summed E-state index contributed by atoms with van der Waals surface area (Å²) in [6, 6.07) is 5.78. The summed E-state index contributed by atoms with van der Waals surface area (Å²) in [5, 5.41) is 12.3. The Hall–Kier alpha value is -2.80. The first-order chi connectivity index (χ1) is 11.6. The molecule has 122 valence electrons. The number of aromatic nitrogens is 5. The van der Waals surface area contributed by atoms with E-state index in [0.29, 0.717) is 17.2 Å². The van der Waals surface area contributed by atoms with E-state index in [0.717, 1.165) is 22.0 Å². The lowest BCUT2D eigenvalue weighted by Crippen LogP contribution is -2.08. The topological polar surface area (TPSA) is 91.5 Å². The van der Waals surface area contributed by atoms with E-state index in [-0.39, 0.29) is 11.4 Å². The number of ether oxygens (including phenoxy) is 1. The lowest BCUT2D eigenvalue weighted by Gasteiger charge is -2.16. The zero-order chi connectivity index (χ0) is 16.7. The minimum atomic E-state index is 0.0344. The third-order valence-corrected chi connectivity index (χ3v) is 3.71. The van der Waals surface area contributed by atoms with Crippen molar-refractivity contribution in [1.82, 2.24) is 25.1 Å². The van der Waals surface area contributed by atoms with Crippen molar-refractivity contribution in [3.8, 4) is 5.75 Å². The number of benzene rings is 1.